The molecule has 7 heteroatoms. The molecule has 2 heterocycles. The van der Waals surface area contributed by atoms with E-state index >= 15 is 0 Å². The third-order valence-electron chi connectivity index (χ3n) is 5.75. The van der Waals surface area contributed by atoms with Gasteiger partial charge in [-0.3, -0.25) is 10.2 Å². The number of benzene rings is 2. The highest BCUT2D eigenvalue weighted by Gasteiger charge is 2.42. The van der Waals surface area contributed by atoms with Crippen LogP contribution in [-0.2, 0) is 14.9 Å². The Balaban J connectivity index is 1.72. The van der Waals surface area contributed by atoms with E-state index in [0.717, 1.165) is 36.2 Å². The largest absolute Gasteiger partial charge is 0.489 e. The third-order valence-corrected chi connectivity index (χ3v) is 5.75. The number of esters is 1. The van der Waals surface area contributed by atoms with E-state index in [0.29, 0.717) is 16.9 Å². The molecule has 1 fully saturated rings. The molecule has 0 bridgehead atoms. The van der Waals surface area contributed by atoms with Gasteiger partial charge in [-0.2, -0.15) is 0 Å². The number of amidine groups is 1. The second-order valence-electron chi connectivity index (χ2n) is 7.88. The summed E-state index contributed by atoms with van der Waals surface area (Å²) in [5, 5.41) is 11.7. The van der Waals surface area contributed by atoms with Gasteiger partial charge in [-0.25, -0.2) is 0 Å². The first-order valence-corrected chi connectivity index (χ1v) is 10.5. The summed E-state index contributed by atoms with van der Waals surface area (Å²) in [4.78, 5) is 13.1. The van der Waals surface area contributed by atoms with Crippen molar-refractivity contribution < 1.29 is 18.7 Å². The maximum absolute atomic E-state index is 13.1. The van der Waals surface area contributed by atoms with Crippen LogP contribution in [0.3, 0.4) is 0 Å². The molecule has 0 radical (unpaired) electrons. The molecule has 2 atom stereocenters. The lowest BCUT2D eigenvalue weighted by Gasteiger charge is -2.26. The summed E-state index contributed by atoms with van der Waals surface area (Å²) in [5.74, 6) is 0.815. The van der Waals surface area contributed by atoms with Gasteiger partial charge in [0.2, 0.25) is 0 Å². The maximum Gasteiger partial charge on any atom is 0.324 e. The second-order valence-corrected chi connectivity index (χ2v) is 7.88. The molecule has 0 aliphatic carbocycles. The van der Waals surface area contributed by atoms with Gasteiger partial charge in [0.1, 0.15) is 34.4 Å². The third kappa shape index (κ3) is 4.01. The van der Waals surface area contributed by atoms with Crippen molar-refractivity contribution >= 4 is 22.8 Å². The van der Waals surface area contributed by atoms with Crippen molar-refractivity contribution in [1.29, 1.82) is 5.41 Å². The van der Waals surface area contributed by atoms with Crippen LogP contribution in [0.1, 0.15) is 37.2 Å². The number of ether oxygens (including phenoxy) is 2. The van der Waals surface area contributed by atoms with E-state index < -0.39 is 11.4 Å². The van der Waals surface area contributed by atoms with Crippen LogP contribution in [0.15, 0.2) is 52.9 Å². The summed E-state index contributed by atoms with van der Waals surface area (Å²) in [5.41, 5.74) is 6.43. The van der Waals surface area contributed by atoms with Crippen molar-refractivity contribution in [3.63, 3.8) is 0 Å². The Bertz CT molecular complexity index is 1100. The highest BCUT2D eigenvalue weighted by molar-refractivity contribution is 5.98. The van der Waals surface area contributed by atoms with Gasteiger partial charge in [0, 0.05) is 17.5 Å². The van der Waals surface area contributed by atoms with E-state index in [1.54, 1.807) is 32.0 Å². The second kappa shape index (κ2) is 8.43. The zero-order valence-corrected chi connectivity index (χ0v) is 17.7. The smallest absolute Gasteiger partial charge is 0.324 e. The summed E-state index contributed by atoms with van der Waals surface area (Å²) in [6.07, 6.45) is 1.14. The van der Waals surface area contributed by atoms with Crippen LogP contribution in [0.4, 0.5) is 0 Å². The highest BCUT2D eigenvalue weighted by atomic mass is 16.5. The molecule has 0 saturated carbocycles. The van der Waals surface area contributed by atoms with Gasteiger partial charge in [0.15, 0.2) is 0 Å². The first-order chi connectivity index (χ1) is 14.9. The molecule has 0 spiro atoms. The topological polar surface area (TPSA) is 111 Å². The van der Waals surface area contributed by atoms with Gasteiger partial charge < -0.3 is 24.9 Å². The molecular formula is C24H27N3O4. The molecule has 1 saturated heterocycles. The summed E-state index contributed by atoms with van der Waals surface area (Å²) >= 11 is 0. The maximum atomic E-state index is 13.1. The van der Waals surface area contributed by atoms with E-state index in [2.05, 4.69) is 5.32 Å². The number of fused-ring (bicyclic) bond motifs is 1. The average Bonchev–Trinajstić information content (AvgIpc) is 3.43. The summed E-state index contributed by atoms with van der Waals surface area (Å²) < 4.78 is 17.5. The first kappa shape index (κ1) is 20.9. The van der Waals surface area contributed by atoms with Gasteiger partial charge in [0.25, 0.3) is 0 Å². The number of carbonyl (C=O) groups is 1. The number of nitrogen functional groups attached to an aromatic ring is 1. The molecule has 162 valence electrons. The fourth-order valence-electron chi connectivity index (χ4n) is 3.88. The molecule has 1 aromatic heterocycles. The fraction of sp³-hybridized carbons (Fsp3) is 0.333. The molecule has 1 aliphatic heterocycles. The van der Waals surface area contributed by atoms with E-state index in [1.165, 1.54) is 0 Å². The Morgan fingerprint density at radius 3 is 2.68 bits per heavy atom. The van der Waals surface area contributed by atoms with Gasteiger partial charge in [-0.15, -0.1) is 0 Å². The molecule has 4 rings (SSSR count). The first-order valence-electron chi connectivity index (χ1n) is 10.5. The SMILES string of the molecule is CCOC(=O)C(C)(c1ccc(O[C@H]2CCNC2)cc1)c1cc2cc(C(=N)N)ccc2o1. The van der Waals surface area contributed by atoms with Gasteiger partial charge in [-0.05, 0) is 68.8 Å². The average molecular weight is 421 g/mol. The molecule has 1 unspecified atom stereocenters. The summed E-state index contributed by atoms with van der Waals surface area (Å²) in [7, 11) is 0. The number of rotatable bonds is 7. The van der Waals surface area contributed by atoms with E-state index in [1.807, 2.05) is 30.3 Å². The van der Waals surface area contributed by atoms with Crippen molar-refractivity contribution in [1.82, 2.24) is 5.32 Å². The lowest BCUT2D eigenvalue weighted by atomic mass is 9.80. The molecule has 31 heavy (non-hydrogen) atoms. The monoisotopic (exact) mass is 421 g/mol. The fourth-order valence-corrected chi connectivity index (χ4v) is 3.88. The lowest BCUT2D eigenvalue weighted by molar-refractivity contribution is -0.148. The van der Waals surface area contributed by atoms with E-state index in [9.17, 15) is 4.79 Å². The Hall–Kier alpha value is -3.32. The van der Waals surface area contributed by atoms with Crippen LogP contribution < -0.4 is 15.8 Å². The minimum absolute atomic E-state index is 0.0224. The number of nitrogens with one attached hydrogen (secondary N) is 2. The number of carbonyl (C=O) groups excluding carboxylic acids is 1. The number of hydrogen-bond acceptors (Lipinski definition) is 6. The van der Waals surface area contributed by atoms with Crippen LogP contribution in [0, 0.1) is 5.41 Å². The number of furan rings is 1. The van der Waals surface area contributed by atoms with Crippen LogP contribution >= 0.6 is 0 Å². The number of nitrogens with two attached hydrogens (primary N) is 1. The Labute approximate surface area is 181 Å². The van der Waals surface area contributed by atoms with E-state index in [4.69, 9.17) is 25.0 Å². The van der Waals surface area contributed by atoms with E-state index in [-0.39, 0.29) is 18.5 Å². The van der Waals surface area contributed by atoms with Crippen molar-refractivity contribution in [2.45, 2.75) is 31.8 Å². The molecule has 3 aromatic rings. The van der Waals surface area contributed by atoms with Crippen molar-refractivity contribution in [3.05, 3.63) is 65.4 Å². The molecule has 7 nitrogen and oxygen atoms in total. The van der Waals surface area contributed by atoms with Crippen molar-refractivity contribution in [2.75, 3.05) is 19.7 Å². The summed E-state index contributed by atoms with van der Waals surface area (Å²) in [6.45, 7) is 5.64. The minimum Gasteiger partial charge on any atom is -0.489 e. The van der Waals surface area contributed by atoms with Gasteiger partial charge in [-0.1, -0.05) is 12.1 Å². The Morgan fingerprint density at radius 2 is 2.03 bits per heavy atom. The highest BCUT2D eigenvalue weighted by Crippen LogP contribution is 2.38. The normalized spacial score (nSPS) is 17.9. The zero-order valence-electron chi connectivity index (χ0n) is 17.7. The summed E-state index contributed by atoms with van der Waals surface area (Å²) in [6, 6.07) is 14.6. The molecule has 2 aromatic carbocycles. The van der Waals surface area contributed by atoms with Gasteiger partial charge >= 0.3 is 5.97 Å². The minimum atomic E-state index is -1.14. The standard InChI is InChI=1S/C24H27N3O4/c1-3-29-23(28)24(2,17-5-7-18(8-6-17)30-19-10-11-27-14-19)21-13-16-12-15(22(25)26)4-9-20(16)31-21/h4-9,12-13,19,27H,3,10-11,14H2,1-2H3,(H3,25,26)/t19-,24?/m0/s1. The molecule has 0 amide bonds. The van der Waals surface area contributed by atoms with Crippen LogP contribution in [0.2, 0.25) is 0 Å². The Kier molecular flexibility index (Phi) is 5.69. The molecule has 1 aliphatic rings. The molecular weight excluding hydrogens is 394 g/mol. The zero-order chi connectivity index (χ0) is 22.0. The van der Waals surface area contributed by atoms with Crippen LogP contribution in [0.5, 0.6) is 5.75 Å². The lowest BCUT2D eigenvalue weighted by Crippen LogP contribution is -2.35. The van der Waals surface area contributed by atoms with Crippen molar-refractivity contribution in [3.8, 4) is 5.75 Å². The van der Waals surface area contributed by atoms with Crippen molar-refractivity contribution in [2.24, 2.45) is 5.73 Å². The van der Waals surface area contributed by atoms with Crippen LogP contribution in [0.25, 0.3) is 11.0 Å². The number of hydrogen-bond donors (Lipinski definition) is 3. The Morgan fingerprint density at radius 1 is 1.26 bits per heavy atom. The quantitative estimate of drug-likeness (QED) is 0.307. The van der Waals surface area contributed by atoms with Crippen LogP contribution in [-0.4, -0.2) is 37.6 Å². The van der Waals surface area contributed by atoms with Gasteiger partial charge in [0.05, 0.1) is 6.61 Å². The predicted octanol–water partition coefficient (Wildman–Crippen LogP) is 3.33. The molecule has 4 N–H and O–H groups in total. The predicted molar refractivity (Wildman–Crippen MR) is 119 cm³/mol.